The zero-order chi connectivity index (χ0) is 14.7. The first-order valence-electron chi connectivity index (χ1n) is 6.38. The molecule has 1 fully saturated rings. The number of methoxy groups -OCH3 is 3. The fourth-order valence-electron chi connectivity index (χ4n) is 2.29. The first kappa shape index (κ1) is 14.5. The van der Waals surface area contributed by atoms with Crippen LogP contribution in [0.1, 0.15) is 16.8 Å². The van der Waals surface area contributed by atoms with Crippen LogP contribution in [0, 0.1) is 0 Å². The van der Waals surface area contributed by atoms with E-state index in [1.165, 1.54) is 21.3 Å². The molecular formula is C14H19NO5. The van der Waals surface area contributed by atoms with Crippen molar-refractivity contribution in [3.8, 4) is 17.2 Å². The van der Waals surface area contributed by atoms with E-state index in [1.807, 2.05) is 0 Å². The molecule has 1 atom stereocenters. The molecule has 0 aliphatic carbocycles. The highest BCUT2D eigenvalue weighted by atomic mass is 16.5. The number of amides is 1. The summed E-state index contributed by atoms with van der Waals surface area (Å²) in [4.78, 5) is 14.1. The van der Waals surface area contributed by atoms with Gasteiger partial charge in [-0.25, -0.2) is 0 Å². The lowest BCUT2D eigenvalue weighted by Gasteiger charge is -2.19. The largest absolute Gasteiger partial charge is 0.496 e. The van der Waals surface area contributed by atoms with E-state index in [4.69, 9.17) is 14.2 Å². The number of aliphatic hydroxyl groups excluding tert-OH is 1. The first-order valence-corrected chi connectivity index (χ1v) is 6.38. The normalized spacial score (nSPS) is 18.0. The van der Waals surface area contributed by atoms with Crippen LogP contribution in [-0.2, 0) is 0 Å². The maximum absolute atomic E-state index is 12.5. The molecule has 6 nitrogen and oxygen atoms in total. The summed E-state index contributed by atoms with van der Waals surface area (Å²) in [6.45, 7) is 0.883. The van der Waals surface area contributed by atoms with Crippen LogP contribution in [-0.4, -0.2) is 56.4 Å². The lowest BCUT2D eigenvalue weighted by molar-refractivity contribution is 0.0761. The number of aliphatic hydroxyl groups is 1. The summed E-state index contributed by atoms with van der Waals surface area (Å²) in [7, 11) is 4.53. The Morgan fingerprint density at radius 1 is 1.15 bits per heavy atom. The van der Waals surface area contributed by atoms with Crippen molar-refractivity contribution in [3.05, 3.63) is 17.7 Å². The van der Waals surface area contributed by atoms with Crippen molar-refractivity contribution in [2.75, 3.05) is 34.4 Å². The molecule has 20 heavy (non-hydrogen) atoms. The smallest absolute Gasteiger partial charge is 0.257 e. The van der Waals surface area contributed by atoms with Crippen molar-refractivity contribution in [1.29, 1.82) is 0 Å². The summed E-state index contributed by atoms with van der Waals surface area (Å²) in [5.41, 5.74) is 0.402. The Morgan fingerprint density at radius 2 is 1.75 bits per heavy atom. The maximum atomic E-state index is 12.5. The molecule has 0 radical (unpaired) electrons. The zero-order valence-electron chi connectivity index (χ0n) is 11.9. The van der Waals surface area contributed by atoms with Gasteiger partial charge >= 0.3 is 0 Å². The van der Waals surface area contributed by atoms with Crippen molar-refractivity contribution >= 4 is 5.91 Å². The quantitative estimate of drug-likeness (QED) is 0.889. The SMILES string of the molecule is COc1cc(OC)c(C(=O)N2CC[C@H](O)C2)cc1OC. The van der Waals surface area contributed by atoms with Gasteiger partial charge in [0.25, 0.3) is 5.91 Å². The maximum Gasteiger partial charge on any atom is 0.257 e. The molecule has 1 heterocycles. The molecule has 1 saturated heterocycles. The molecule has 0 unspecified atom stereocenters. The zero-order valence-corrected chi connectivity index (χ0v) is 11.9. The summed E-state index contributed by atoms with van der Waals surface area (Å²) < 4.78 is 15.6. The van der Waals surface area contributed by atoms with Crippen molar-refractivity contribution in [2.45, 2.75) is 12.5 Å². The Morgan fingerprint density at radius 3 is 2.25 bits per heavy atom. The number of hydrogen-bond acceptors (Lipinski definition) is 5. The van der Waals surface area contributed by atoms with Gasteiger partial charge in [0.2, 0.25) is 0 Å². The molecule has 6 heteroatoms. The van der Waals surface area contributed by atoms with Crippen LogP contribution >= 0.6 is 0 Å². The van der Waals surface area contributed by atoms with Gasteiger partial charge in [-0.1, -0.05) is 0 Å². The number of rotatable bonds is 4. The predicted molar refractivity (Wildman–Crippen MR) is 72.6 cm³/mol. The van der Waals surface area contributed by atoms with Crippen LogP contribution in [0.4, 0.5) is 0 Å². The topological polar surface area (TPSA) is 68.2 Å². The number of likely N-dealkylation sites (tertiary alicyclic amines) is 1. The van der Waals surface area contributed by atoms with E-state index in [0.29, 0.717) is 42.3 Å². The van der Waals surface area contributed by atoms with E-state index in [2.05, 4.69) is 0 Å². The Hall–Kier alpha value is -1.95. The van der Waals surface area contributed by atoms with Crippen LogP contribution in [0.5, 0.6) is 17.2 Å². The van der Waals surface area contributed by atoms with Gasteiger partial charge < -0.3 is 24.2 Å². The second kappa shape index (κ2) is 6.00. The van der Waals surface area contributed by atoms with Crippen molar-refractivity contribution in [2.24, 2.45) is 0 Å². The van der Waals surface area contributed by atoms with Gasteiger partial charge in [0.05, 0.1) is 33.0 Å². The van der Waals surface area contributed by atoms with E-state index in [1.54, 1.807) is 17.0 Å². The van der Waals surface area contributed by atoms with Gasteiger partial charge in [-0.2, -0.15) is 0 Å². The van der Waals surface area contributed by atoms with E-state index < -0.39 is 6.10 Å². The van der Waals surface area contributed by atoms with Gasteiger partial charge in [0, 0.05) is 25.2 Å². The average molecular weight is 281 g/mol. The summed E-state index contributed by atoms with van der Waals surface area (Å²) in [6.07, 6.45) is 0.145. The van der Waals surface area contributed by atoms with Gasteiger partial charge in [-0.3, -0.25) is 4.79 Å². The van der Waals surface area contributed by atoms with Gasteiger partial charge in [-0.15, -0.1) is 0 Å². The molecule has 1 aromatic rings. The number of carbonyl (C=O) groups is 1. The number of β-amino-alcohol motifs (C(OH)–C–C–N with tert-alkyl or cyclic N) is 1. The van der Waals surface area contributed by atoms with E-state index >= 15 is 0 Å². The minimum atomic E-state index is -0.454. The third kappa shape index (κ3) is 2.65. The molecule has 0 bridgehead atoms. The summed E-state index contributed by atoms with van der Waals surface area (Å²) in [6, 6.07) is 3.23. The second-order valence-corrected chi connectivity index (χ2v) is 4.60. The minimum absolute atomic E-state index is 0.181. The lowest BCUT2D eigenvalue weighted by atomic mass is 10.1. The van der Waals surface area contributed by atoms with Gasteiger partial charge in [0.15, 0.2) is 11.5 Å². The molecule has 0 saturated carbocycles. The van der Waals surface area contributed by atoms with Crippen LogP contribution in [0.15, 0.2) is 12.1 Å². The third-order valence-electron chi connectivity index (χ3n) is 3.39. The molecule has 1 aliphatic heterocycles. The van der Waals surface area contributed by atoms with Crippen LogP contribution in [0.3, 0.4) is 0 Å². The van der Waals surface area contributed by atoms with Crippen molar-refractivity contribution in [3.63, 3.8) is 0 Å². The second-order valence-electron chi connectivity index (χ2n) is 4.60. The Bertz CT molecular complexity index is 503. The summed E-state index contributed by atoms with van der Waals surface area (Å²) in [5.74, 6) is 1.21. The lowest BCUT2D eigenvalue weighted by Crippen LogP contribution is -2.29. The average Bonchev–Trinajstić information content (AvgIpc) is 2.91. The fourth-order valence-corrected chi connectivity index (χ4v) is 2.29. The molecule has 110 valence electrons. The van der Waals surface area contributed by atoms with Crippen LogP contribution < -0.4 is 14.2 Å². The van der Waals surface area contributed by atoms with Gasteiger partial charge in [-0.05, 0) is 6.42 Å². The van der Waals surface area contributed by atoms with Crippen molar-refractivity contribution < 1.29 is 24.1 Å². The van der Waals surface area contributed by atoms with Crippen LogP contribution in [0.2, 0.25) is 0 Å². The number of hydrogen-bond donors (Lipinski definition) is 1. The summed E-state index contributed by atoms with van der Waals surface area (Å²) in [5, 5.41) is 9.53. The van der Waals surface area contributed by atoms with E-state index in [-0.39, 0.29) is 5.91 Å². The number of nitrogens with zero attached hydrogens (tertiary/aromatic N) is 1. The van der Waals surface area contributed by atoms with Gasteiger partial charge in [0.1, 0.15) is 5.75 Å². The molecular weight excluding hydrogens is 262 g/mol. The predicted octanol–water partition coefficient (Wildman–Crippen LogP) is 0.919. The Balaban J connectivity index is 2.36. The molecule has 1 aliphatic rings. The monoisotopic (exact) mass is 281 g/mol. The molecule has 1 aromatic carbocycles. The summed E-state index contributed by atoms with van der Waals surface area (Å²) >= 11 is 0. The highest BCUT2D eigenvalue weighted by Crippen LogP contribution is 2.35. The van der Waals surface area contributed by atoms with E-state index in [9.17, 15) is 9.90 Å². The number of carbonyl (C=O) groups excluding carboxylic acids is 1. The Labute approximate surface area is 117 Å². The van der Waals surface area contributed by atoms with Crippen molar-refractivity contribution in [1.82, 2.24) is 4.90 Å². The molecule has 1 amide bonds. The number of ether oxygens (including phenoxy) is 3. The standard InChI is InChI=1S/C14H19NO5/c1-18-11-7-13(20-3)12(19-2)6-10(11)14(17)15-5-4-9(16)8-15/h6-7,9,16H,4-5,8H2,1-3H3/t9-/m0/s1. The molecule has 2 rings (SSSR count). The molecule has 0 spiro atoms. The van der Waals surface area contributed by atoms with E-state index in [0.717, 1.165) is 0 Å². The Kier molecular flexibility index (Phi) is 4.34. The number of benzene rings is 1. The highest BCUT2D eigenvalue weighted by molar-refractivity contribution is 5.98. The van der Waals surface area contributed by atoms with Crippen LogP contribution in [0.25, 0.3) is 0 Å². The molecule has 1 N–H and O–H groups in total. The highest BCUT2D eigenvalue weighted by Gasteiger charge is 2.28. The molecule has 0 aromatic heterocycles. The fraction of sp³-hybridized carbons (Fsp3) is 0.500. The third-order valence-corrected chi connectivity index (χ3v) is 3.39. The minimum Gasteiger partial charge on any atom is -0.496 e. The first-order chi connectivity index (χ1) is 9.60.